The minimum atomic E-state index is -0.663. The molecule has 0 radical (unpaired) electrons. The molecule has 0 N–H and O–H groups in total. The van der Waals surface area contributed by atoms with Gasteiger partial charge in [0.05, 0.1) is 0 Å². The summed E-state index contributed by atoms with van der Waals surface area (Å²) in [7, 11) is 0. The second-order valence-electron chi connectivity index (χ2n) is 5.38. The molecule has 0 fully saturated rings. The molecule has 0 bridgehead atoms. The van der Waals surface area contributed by atoms with E-state index < -0.39 is 6.16 Å². The van der Waals surface area contributed by atoms with Gasteiger partial charge in [-0.3, -0.25) is 0 Å². The van der Waals surface area contributed by atoms with Gasteiger partial charge in [-0.25, -0.2) is 4.79 Å². The maximum absolute atomic E-state index is 11.6. The molecular weight excluding hydrogens is 300 g/mol. The number of rotatable bonds is 6. The summed E-state index contributed by atoms with van der Waals surface area (Å²) in [4.78, 5) is 11.6. The molecule has 2 aromatic rings. The lowest BCUT2D eigenvalue weighted by Gasteiger charge is -2.05. The number of hydrogen-bond acceptors (Lipinski definition) is 3. The minimum Gasteiger partial charge on any atom is -0.430 e. The predicted octanol–water partition coefficient (Wildman–Crippen LogP) is 5.35. The molecule has 3 heteroatoms. The highest BCUT2D eigenvalue weighted by atomic mass is 16.7. The summed E-state index contributed by atoms with van der Waals surface area (Å²) in [5.74, 6) is 0. The number of carbonyl (C=O) groups is 1. The van der Waals surface area contributed by atoms with E-state index in [0.717, 1.165) is 22.3 Å². The second kappa shape index (κ2) is 9.36. The number of hydrogen-bond donors (Lipinski definition) is 0. The summed E-state index contributed by atoms with van der Waals surface area (Å²) in [6.07, 6.45) is 3.06. The first-order valence-corrected chi connectivity index (χ1v) is 7.90. The highest BCUT2D eigenvalue weighted by Gasteiger charge is 2.02. The Morgan fingerprint density at radius 2 is 1.12 bits per heavy atom. The Balaban J connectivity index is 1.74. The SMILES string of the molecule is C/C(=C/COC(=O)OC/C=C(/C)c1ccccc1)c1ccccc1. The van der Waals surface area contributed by atoms with E-state index in [1.165, 1.54) is 0 Å². The van der Waals surface area contributed by atoms with E-state index in [-0.39, 0.29) is 13.2 Å². The largest absolute Gasteiger partial charge is 0.508 e. The summed E-state index contributed by atoms with van der Waals surface area (Å²) in [5, 5.41) is 0. The van der Waals surface area contributed by atoms with Crippen LogP contribution in [0.1, 0.15) is 25.0 Å². The van der Waals surface area contributed by atoms with Crippen LogP contribution in [-0.2, 0) is 9.47 Å². The fourth-order valence-corrected chi connectivity index (χ4v) is 2.15. The van der Waals surface area contributed by atoms with Crippen LogP contribution in [0.25, 0.3) is 11.1 Å². The molecule has 124 valence electrons. The summed E-state index contributed by atoms with van der Waals surface area (Å²) in [5.41, 5.74) is 4.33. The molecule has 0 aliphatic rings. The van der Waals surface area contributed by atoms with Gasteiger partial charge in [0, 0.05) is 0 Å². The van der Waals surface area contributed by atoms with Crippen LogP contribution in [0.4, 0.5) is 4.79 Å². The number of benzene rings is 2. The van der Waals surface area contributed by atoms with Crippen molar-refractivity contribution in [1.82, 2.24) is 0 Å². The van der Waals surface area contributed by atoms with Crippen molar-refractivity contribution in [2.75, 3.05) is 13.2 Å². The third kappa shape index (κ3) is 5.76. The molecule has 0 saturated carbocycles. The second-order valence-corrected chi connectivity index (χ2v) is 5.38. The number of ether oxygens (including phenoxy) is 2. The van der Waals surface area contributed by atoms with E-state index in [2.05, 4.69) is 0 Å². The quantitative estimate of drug-likeness (QED) is 0.673. The van der Waals surface area contributed by atoms with Crippen molar-refractivity contribution in [3.63, 3.8) is 0 Å². The van der Waals surface area contributed by atoms with Crippen molar-refractivity contribution in [1.29, 1.82) is 0 Å². The first kappa shape index (κ1) is 17.5. The van der Waals surface area contributed by atoms with Crippen LogP contribution in [0, 0.1) is 0 Å². The van der Waals surface area contributed by atoms with Crippen molar-refractivity contribution in [2.45, 2.75) is 13.8 Å². The zero-order chi connectivity index (χ0) is 17.2. The van der Waals surface area contributed by atoms with Crippen molar-refractivity contribution < 1.29 is 14.3 Å². The summed E-state index contributed by atoms with van der Waals surface area (Å²) in [6, 6.07) is 19.9. The molecule has 0 aliphatic heterocycles. The monoisotopic (exact) mass is 322 g/mol. The van der Waals surface area contributed by atoms with Gasteiger partial charge in [-0.2, -0.15) is 0 Å². The molecule has 3 nitrogen and oxygen atoms in total. The number of carbonyl (C=O) groups excluding carboxylic acids is 1. The van der Waals surface area contributed by atoms with Crippen LogP contribution in [0.3, 0.4) is 0 Å². The Hall–Kier alpha value is -2.81. The normalized spacial score (nSPS) is 11.9. The van der Waals surface area contributed by atoms with Gasteiger partial charge in [-0.15, -0.1) is 0 Å². The topological polar surface area (TPSA) is 35.5 Å². The Bertz CT molecular complexity index is 639. The lowest BCUT2D eigenvalue weighted by molar-refractivity contribution is 0.0719. The fraction of sp³-hybridized carbons (Fsp3) is 0.190. The maximum Gasteiger partial charge on any atom is 0.508 e. The average molecular weight is 322 g/mol. The van der Waals surface area contributed by atoms with E-state index in [9.17, 15) is 4.79 Å². The van der Waals surface area contributed by atoms with Gasteiger partial charge >= 0.3 is 6.16 Å². The lowest BCUT2D eigenvalue weighted by Crippen LogP contribution is -2.07. The zero-order valence-electron chi connectivity index (χ0n) is 14.1. The third-order valence-corrected chi connectivity index (χ3v) is 3.64. The molecule has 2 rings (SSSR count). The Labute approximate surface area is 143 Å². The number of allylic oxidation sites excluding steroid dienone is 2. The van der Waals surface area contributed by atoms with Crippen LogP contribution in [0.15, 0.2) is 72.8 Å². The van der Waals surface area contributed by atoms with Gasteiger partial charge in [0.15, 0.2) is 0 Å². The summed E-state index contributed by atoms with van der Waals surface area (Å²) >= 11 is 0. The Kier molecular flexibility index (Phi) is 6.84. The summed E-state index contributed by atoms with van der Waals surface area (Å²) in [6.45, 7) is 4.36. The van der Waals surface area contributed by atoms with Gasteiger partial charge in [-0.05, 0) is 48.3 Å². The van der Waals surface area contributed by atoms with Gasteiger partial charge < -0.3 is 9.47 Å². The maximum atomic E-state index is 11.6. The minimum absolute atomic E-state index is 0.195. The van der Waals surface area contributed by atoms with Crippen LogP contribution in [0.2, 0.25) is 0 Å². The van der Waals surface area contributed by atoms with Crippen LogP contribution in [0.5, 0.6) is 0 Å². The molecule has 0 spiro atoms. The predicted molar refractivity (Wildman–Crippen MR) is 97.5 cm³/mol. The molecule has 0 atom stereocenters. The molecule has 24 heavy (non-hydrogen) atoms. The molecule has 0 saturated heterocycles. The molecule has 0 heterocycles. The van der Waals surface area contributed by atoms with E-state index >= 15 is 0 Å². The van der Waals surface area contributed by atoms with E-state index in [4.69, 9.17) is 9.47 Å². The molecule has 2 aromatic carbocycles. The van der Waals surface area contributed by atoms with Gasteiger partial charge in [0.25, 0.3) is 0 Å². The van der Waals surface area contributed by atoms with Gasteiger partial charge in [0.2, 0.25) is 0 Å². The fourth-order valence-electron chi connectivity index (χ4n) is 2.15. The van der Waals surface area contributed by atoms with Crippen LogP contribution >= 0.6 is 0 Å². The molecule has 0 aliphatic carbocycles. The van der Waals surface area contributed by atoms with Crippen molar-refractivity contribution in [3.05, 3.63) is 83.9 Å². The van der Waals surface area contributed by atoms with Gasteiger partial charge in [0.1, 0.15) is 13.2 Å². The molecule has 0 aromatic heterocycles. The van der Waals surface area contributed by atoms with Crippen molar-refractivity contribution in [2.24, 2.45) is 0 Å². The summed E-state index contributed by atoms with van der Waals surface area (Å²) < 4.78 is 10.1. The van der Waals surface area contributed by atoms with Crippen molar-refractivity contribution in [3.8, 4) is 0 Å². The standard InChI is InChI=1S/C21H22O3/c1-17(19-9-5-3-6-10-19)13-15-23-21(22)24-16-14-18(2)20-11-7-4-8-12-20/h3-14H,15-16H2,1-2H3/b17-13-,18-14-. The average Bonchev–Trinajstić information content (AvgIpc) is 2.63. The Morgan fingerprint density at radius 1 is 0.750 bits per heavy atom. The zero-order valence-corrected chi connectivity index (χ0v) is 14.1. The third-order valence-electron chi connectivity index (χ3n) is 3.64. The van der Waals surface area contributed by atoms with E-state index in [1.807, 2.05) is 86.7 Å². The van der Waals surface area contributed by atoms with Crippen molar-refractivity contribution >= 4 is 17.3 Å². The highest BCUT2D eigenvalue weighted by molar-refractivity contribution is 5.66. The van der Waals surface area contributed by atoms with E-state index in [1.54, 1.807) is 0 Å². The highest BCUT2D eigenvalue weighted by Crippen LogP contribution is 2.13. The molecular formula is C21H22O3. The molecule has 0 amide bonds. The van der Waals surface area contributed by atoms with Gasteiger partial charge in [-0.1, -0.05) is 60.7 Å². The van der Waals surface area contributed by atoms with Crippen LogP contribution in [-0.4, -0.2) is 19.4 Å². The lowest BCUT2D eigenvalue weighted by atomic mass is 10.1. The van der Waals surface area contributed by atoms with Crippen LogP contribution < -0.4 is 0 Å². The molecule has 0 unspecified atom stereocenters. The van der Waals surface area contributed by atoms with E-state index in [0.29, 0.717) is 0 Å². The first-order valence-electron chi connectivity index (χ1n) is 7.90. The Morgan fingerprint density at radius 3 is 1.50 bits per heavy atom. The smallest absolute Gasteiger partial charge is 0.430 e. The first-order chi connectivity index (χ1) is 11.7.